The fourth-order valence-electron chi connectivity index (χ4n) is 1.33. The summed E-state index contributed by atoms with van der Waals surface area (Å²) in [5.41, 5.74) is 0.386. The van der Waals surface area contributed by atoms with Gasteiger partial charge in [0, 0.05) is 42.6 Å². The van der Waals surface area contributed by atoms with Crippen LogP contribution in [-0.2, 0) is 15.6 Å². The molecular weight excluding hydrogens is 269 g/mol. The van der Waals surface area contributed by atoms with Crippen LogP contribution in [0.5, 0.6) is 0 Å². The van der Waals surface area contributed by atoms with E-state index in [0.717, 1.165) is 0 Å². The molecule has 1 atom stereocenters. The SMILES string of the molecule is CN(C)C(=O)CS(=O)CCC(=O)c1ccc(F)cc1. The average Bonchev–Trinajstić information content (AvgIpc) is 2.36. The van der Waals surface area contributed by atoms with Crippen molar-refractivity contribution < 1.29 is 18.2 Å². The van der Waals surface area contributed by atoms with Gasteiger partial charge in [-0.1, -0.05) is 0 Å². The van der Waals surface area contributed by atoms with Crippen LogP contribution in [-0.4, -0.2) is 46.4 Å². The monoisotopic (exact) mass is 285 g/mol. The molecule has 1 unspecified atom stereocenters. The van der Waals surface area contributed by atoms with E-state index < -0.39 is 16.6 Å². The lowest BCUT2D eigenvalue weighted by Gasteiger charge is -2.09. The van der Waals surface area contributed by atoms with Crippen LogP contribution in [0.15, 0.2) is 24.3 Å². The summed E-state index contributed by atoms with van der Waals surface area (Å²) in [5.74, 6) is -0.783. The molecule has 104 valence electrons. The Labute approximate surface area is 114 Å². The van der Waals surface area contributed by atoms with Crippen molar-refractivity contribution in [3.8, 4) is 0 Å². The number of ketones is 1. The smallest absolute Gasteiger partial charge is 0.234 e. The number of Topliss-reactive ketones (excluding diaryl/α,β-unsaturated/α-hetero) is 1. The molecular formula is C13H16FNO3S. The third-order valence-electron chi connectivity index (χ3n) is 2.51. The summed E-state index contributed by atoms with van der Waals surface area (Å²) in [6.45, 7) is 0. The van der Waals surface area contributed by atoms with Crippen LogP contribution >= 0.6 is 0 Å². The Morgan fingerprint density at radius 1 is 1.21 bits per heavy atom. The zero-order valence-electron chi connectivity index (χ0n) is 10.9. The van der Waals surface area contributed by atoms with E-state index in [1.165, 1.54) is 29.2 Å². The molecule has 0 spiro atoms. The fourth-order valence-corrected chi connectivity index (χ4v) is 2.42. The Kier molecular flexibility index (Phi) is 5.82. The minimum atomic E-state index is -1.36. The highest BCUT2D eigenvalue weighted by Crippen LogP contribution is 2.06. The number of carbonyl (C=O) groups excluding carboxylic acids is 2. The quantitative estimate of drug-likeness (QED) is 0.739. The molecule has 0 aliphatic carbocycles. The van der Waals surface area contributed by atoms with Gasteiger partial charge in [-0.3, -0.25) is 13.8 Å². The Hall–Kier alpha value is -1.56. The zero-order chi connectivity index (χ0) is 14.4. The molecule has 1 amide bonds. The summed E-state index contributed by atoms with van der Waals surface area (Å²) >= 11 is 0. The molecule has 0 heterocycles. The maximum absolute atomic E-state index is 12.7. The van der Waals surface area contributed by atoms with E-state index in [4.69, 9.17) is 0 Å². The topological polar surface area (TPSA) is 54.5 Å². The van der Waals surface area contributed by atoms with E-state index in [9.17, 15) is 18.2 Å². The van der Waals surface area contributed by atoms with E-state index in [-0.39, 0.29) is 29.6 Å². The van der Waals surface area contributed by atoms with Gasteiger partial charge in [0.05, 0.1) is 0 Å². The molecule has 0 aliphatic rings. The molecule has 0 fully saturated rings. The Morgan fingerprint density at radius 3 is 2.32 bits per heavy atom. The Morgan fingerprint density at radius 2 is 1.79 bits per heavy atom. The molecule has 0 saturated heterocycles. The van der Waals surface area contributed by atoms with Crippen LogP contribution in [0.25, 0.3) is 0 Å². The van der Waals surface area contributed by atoms with Crippen molar-refractivity contribution in [1.82, 2.24) is 4.90 Å². The van der Waals surface area contributed by atoms with Gasteiger partial charge in [-0.15, -0.1) is 0 Å². The van der Waals surface area contributed by atoms with E-state index in [0.29, 0.717) is 5.56 Å². The third kappa shape index (κ3) is 5.30. The standard InChI is InChI=1S/C13H16FNO3S/c1-15(2)13(17)9-19(18)8-7-12(16)10-3-5-11(14)6-4-10/h3-6H,7-9H2,1-2H3. The van der Waals surface area contributed by atoms with Gasteiger partial charge in [0.25, 0.3) is 0 Å². The molecule has 0 aromatic heterocycles. The van der Waals surface area contributed by atoms with E-state index in [1.807, 2.05) is 0 Å². The summed E-state index contributed by atoms with van der Waals surface area (Å²) in [6.07, 6.45) is 0.0823. The first-order valence-electron chi connectivity index (χ1n) is 5.74. The lowest BCUT2D eigenvalue weighted by molar-refractivity contribution is -0.125. The molecule has 19 heavy (non-hydrogen) atoms. The number of halogens is 1. The van der Waals surface area contributed by atoms with Crippen molar-refractivity contribution in [3.63, 3.8) is 0 Å². The highest BCUT2D eigenvalue weighted by Gasteiger charge is 2.12. The first-order chi connectivity index (χ1) is 8.90. The summed E-state index contributed by atoms with van der Waals surface area (Å²) in [6, 6.07) is 5.21. The highest BCUT2D eigenvalue weighted by molar-refractivity contribution is 7.85. The lowest BCUT2D eigenvalue weighted by Crippen LogP contribution is -2.28. The van der Waals surface area contributed by atoms with Crippen LogP contribution < -0.4 is 0 Å². The van der Waals surface area contributed by atoms with Crippen LogP contribution in [0.1, 0.15) is 16.8 Å². The molecule has 0 radical (unpaired) electrons. The number of nitrogens with zero attached hydrogens (tertiary/aromatic N) is 1. The fraction of sp³-hybridized carbons (Fsp3) is 0.385. The van der Waals surface area contributed by atoms with Crippen molar-refractivity contribution in [2.75, 3.05) is 25.6 Å². The molecule has 1 aromatic rings. The molecule has 4 nitrogen and oxygen atoms in total. The number of benzene rings is 1. The van der Waals surface area contributed by atoms with Crippen molar-refractivity contribution in [2.24, 2.45) is 0 Å². The number of hydrogen-bond acceptors (Lipinski definition) is 3. The summed E-state index contributed by atoms with van der Waals surface area (Å²) in [5, 5.41) is 0. The number of amides is 1. The molecule has 6 heteroatoms. The molecule has 0 saturated carbocycles. The van der Waals surface area contributed by atoms with Crippen molar-refractivity contribution in [1.29, 1.82) is 0 Å². The lowest BCUT2D eigenvalue weighted by atomic mass is 10.1. The molecule has 0 aliphatic heterocycles. The second-order valence-corrected chi connectivity index (χ2v) is 5.83. The van der Waals surface area contributed by atoms with Gasteiger partial charge < -0.3 is 4.90 Å². The van der Waals surface area contributed by atoms with Gasteiger partial charge in [0.15, 0.2) is 5.78 Å². The number of carbonyl (C=O) groups is 2. The molecule has 0 N–H and O–H groups in total. The van der Waals surface area contributed by atoms with Gasteiger partial charge >= 0.3 is 0 Å². The Bertz CT molecular complexity index is 485. The molecule has 1 rings (SSSR count). The summed E-state index contributed by atoms with van der Waals surface area (Å²) in [7, 11) is 1.82. The van der Waals surface area contributed by atoms with Crippen LogP contribution in [0.3, 0.4) is 0 Å². The predicted octanol–water partition coefficient (Wildman–Crippen LogP) is 1.24. The van der Waals surface area contributed by atoms with E-state index >= 15 is 0 Å². The largest absolute Gasteiger partial charge is 0.348 e. The highest BCUT2D eigenvalue weighted by atomic mass is 32.2. The minimum Gasteiger partial charge on any atom is -0.348 e. The first-order valence-corrected chi connectivity index (χ1v) is 7.23. The van der Waals surface area contributed by atoms with Gasteiger partial charge in [0.2, 0.25) is 5.91 Å². The number of hydrogen-bond donors (Lipinski definition) is 0. The van der Waals surface area contributed by atoms with Crippen molar-refractivity contribution >= 4 is 22.5 Å². The van der Waals surface area contributed by atoms with E-state index in [2.05, 4.69) is 0 Å². The third-order valence-corrected chi connectivity index (χ3v) is 3.73. The zero-order valence-corrected chi connectivity index (χ0v) is 11.7. The van der Waals surface area contributed by atoms with Crippen molar-refractivity contribution in [3.05, 3.63) is 35.6 Å². The second kappa shape index (κ2) is 7.13. The summed E-state index contributed by atoms with van der Waals surface area (Å²) in [4.78, 5) is 24.4. The Balaban J connectivity index is 2.44. The van der Waals surface area contributed by atoms with Crippen molar-refractivity contribution in [2.45, 2.75) is 6.42 Å². The van der Waals surface area contributed by atoms with Crippen LogP contribution in [0.4, 0.5) is 4.39 Å². The normalized spacial score (nSPS) is 11.9. The van der Waals surface area contributed by atoms with Gasteiger partial charge in [-0.25, -0.2) is 4.39 Å². The van der Waals surface area contributed by atoms with Gasteiger partial charge in [-0.05, 0) is 24.3 Å². The first kappa shape index (κ1) is 15.5. The number of rotatable bonds is 6. The molecule has 0 bridgehead atoms. The molecule has 1 aromatic carbocycles. The van der Waals surface area contributed by atoms with Crippen LogP contribution in [0, 0.1) is 5.82 Å². The maximum Gasteiger partial charge on any atom is 0.234 e. The summed E-state index contributed by atoms with van der Waals surface area (Å²) < 4.78 is 24.3. The predicted molar refractivity (Wildman–Crippen MR) is 71.9 cm³/mol. The van der Waals surface area contributed by atoms with Gasteiger partial charge in [-0.2, -0.15) is 0 Å². The van der Waals surface area contributed by atoms with Gasteiger partial charge in [0.1, 0.15) is 11.6 Å². The van der Waals surface area contributed by atoms with Crippen LogP contribution in [0.2, 0.25) is 0 Å². The minimum absolute atomic E-state index is 0.0797. The van der Waals surface area contributed by atoms with E-state index in [1.54, 1.807) is 14.1 Å². The average molecular weight is 285 g/mol. The second-order valence-electron chi connectivity index (χ2n) is 4.26. The maximum atomic E-state index is 12.7.